The predicted octanol–water partition coefficient (Wildman–Crippen LogP) is -4.62. The first kappa shape index (κ1) is 33.3. The van der Waals surface area contributed by atoms with E-state index in [1.165, 1.54) is 0 Å². The molecule has 0 heterocycles. The maximum absolute atomic E-state index is 9.25. The van der Waals surface area contributed by atoms with Crippen molar-refractivity contribution in [1.29, 1.82) is 0 Å². The fraction of sp³-hybridized carbons (Fsp3) is 1.00. The molecule has 0 bridgehead atoms. The smallest absolute Gasteiger partial charge is 0.790 e. The molecule has 0 saturated heterocycles. The van der Waals surface area contributed by atoms with E-state index in [-0.39, 0.29) is 42.1 Å². The number of phosphoric acid groups is 3. The molecule has 2 radical (unpaired) electrons. The van der Waals surface area contributed by atoms with E-state index < -0.39 is 23.5 Å². The van der Waals surface area contributed by atoms with Crippen molar-refractivity contribution in [2.45, 2.75) is 0 Å². The van der Waals surface area contributed by atoms with Gasteiger partial charge in [0.05, 0.1) is 23.5 Å². The van der Waals surface area contributed by atoms with Gasteiger partial charge in [0.25, 0.3) is 0 Å². The molecule has 20 heavy (non-hydrogen) atoms. The minimum absolute atomic E-state index is 0. The van der Waals surface area contributed by atoms with Crippen molar-refractivity contribution in [1.82, 2.24) is 0 Å². The Morgan fingerprint density at radius 3 is 0.600 bits per heavy atom. The minimum Gasteiger partial charge on any atom is -0.790 e. The monoisotopic (exact) mass is 526 g/mol. The molecule has 0 aliphatic rings. The van der Waals surface area contributed by atoms with E-state index in [9.17, 15) is 43.1 Å². The van der Waals surface area contributed by atoms with Gasteiger partial charge >= 0.3 is 42.1 Å². The first-order valence-corrected chi connectivity index (χ1v) is 7.80. The maximum atomic E-state index is 9.25. The third kappa shape index (κ3) is 60.2. The summed E-state index contributed by atoms with van der Waals surface area (Å²) in [6, 6.07) is 0. The van der Waals surface area contributed by atoms with Crippen LogP contribution < -0.4 is 29.4 Å². The molecule has 17 heteroatoms. The van der Waals surface area contributed by atoms with E-state index in [4.69, 9.17) is 0 Å². The summed E-state index contributed by atoms with van der Waals surface area (Å²) in [6.07, 6.45) is 0. The van der Waals surface area contributed by atoms with Crippen LogP contribution in [0, 0.1) is 0 Å². The molecule has 0 spiro atoms. The number of phosphoric ester groups is 3. The molecule has 0 amide bonds. The molecule has 0 aliphatic heterocycles. The molecular formula is C3H9Mo2O12P3. The van der Waals surface area contributed by atoms with Gasteiger partial charge in [-0.2, -0.15) is 0 Å². The Kier molecular flexibility index (Phi) is 26.0. The standard InChI is InChI=1S/3CH5O4P.2Mo/c3*1-5-6(2,3)4;;/h3*1H3,(H2,2,3,4);;/q;;;2*+3/p-6. The van der Waals surface area contributed by atoms with Gasteiger partial charge in [-0.05, 0) is 0 Å². The van der Waals surface area contributed by atoms with E-state index in [2.05, 4.69) is 13.6 Å². The zero-order chi connectivity index (χ0) is 15.6. The summed E-state index contributed by atoms with van der Waals surface area (Å²) in [6.45, 7) is 0. The minimum atomic E-state index is -4.65. The molecule has 0 N–H and O–H groups in total. The number of rotatable bonds is 3. The molecule has 0 aliphatic carbocycles. The van der Waals surface area contributed by atoms with Gasteiger partial charge in [-0.1, -0.05) is 0 Å². The Hall–Kier alpha value is 1.71. The fourth-order valence-electron chi connectivity index (χ4n) is 0. The van der Waals surface area contributed by atoms with E-state index in [1.807, 2.05) is 0 Å². The second kappa shape index (κ2) is 15.6. The maximum Gasteiger partial charge on any atom is 3.00 e. The summed E-state index contributed by atoms with van der Waals surface area (Å²) in [7, 11) is -11.5. The summed E-state index contributed by atoms with van der Waals surface area (Å²) in [4.78, 5) is 55.5. The molecule has 0 aromatic carbocycles. The molecule has 0 rings (SSSR count). The van der Waals surface area contributed by atoms with E-state index in [0.717, 1.165) is 21.3 Å². The normalized spacial score (nSPS) is 10.7. The third-order valence-corrected chi connectivity index (χ3v) is 2.01. The molecule has 0 aromatic rings. The van der Waals surface area contributed by atoms with Gasteiger partial charge in [0.15, 0.2) is 0 Å². The summed E-state index contributed by atoms with van der Waals surface area (Å²) in [5, 5.41) is 0. The van der Waals surface area contributed by atoms with Crippen LogP contribution in [0.2, 0.25) is 0 Å². The van der Waals surface area contributed by atoms with Crippen LogP contribution in [0.1, 0.15) is 0 Å². The molecule has 12 nitrogen and oxygen atoms in total. The van der Waals surface area contributed by atoms with Crippen molar-refractivity contribution in [3.63, 3.8) is 0 Å². The second-order valence-electron chi connectivity index (χ2n) is 1.89. The zero-order valence-electron chi connectivity index (χ0n) is 10.1. The Bertz CT molecular complexity index is 277. The molecule has 120 valence electrons. The van der Waals surface area contributed by atoms with E-state index in [0.29, 0.717) is 0 Å². The Labute approximate surface area is 143 Å². The van der Waals surface area contributed by atoms with Gasteiger partial charge in [0.1, 0.15) is 0 Å². The van der Waals surface area contributed by atoms with Gasteiger partial charge < -0.3 is 56.6 Å². The van der Waals surface area contributed by atoms with Crippen LogP contribution in [0.15, 0.2) is 0 Å². The predicted molar refractivity (Wildman–Crippen MR) is 43.8 cm³/mol. The Morgan fingerprint density at radius 1 is 0.550 bits per heavy atom. The first-order valence-electron chi connectivity index (χ1n) is 3.42. The number of hydrogen-bond acceptors (Lipinski definition) is 12. The molecule has 0 aromatic heterocycles. The van der Waals surface area contributed by atoms with Crippen molar-refractivity contribution in [2.75, 3.05) is 21.3 Å². The second-order valence-corrected chi connectivity index (χ2v) is 5.67. The summed E-state index contributed by atoms with van der Waals surface area (Å²) < 4.78 is 37.9. The third-order valence-electron chi connectivity index (χ3n) is 0.671. The van der Waals surface area contributed by atoms with Crippen LogP contribution in [0.4, 0.5) is 0 Å². The van der Waals surface area contributed by atoms with Crippen LogP contribution in [-0.2, 0) is 69.4 Å². The van der Waals surface area contributed by atoms with Crippen LogP contribution in [0.3, 0.4) is 0 Å². The van der Waals surface area contributed by atoms with Gasteiger partial charge in [-0.25, -0.2) is 0 Å². The van der Waals surface area contributed by atoms with Crippen molar-refractivity contribution in [2.24, 2.45) is 0 Å². The topological polar surface area (TPSA) is 217 Å². The van der Waals surface area contributed by atoms with Crippen LogP contribution in [0.25, 0.3) is 0 Å². The molecule has 0 saturated carbocycles. The molecule has 0 fully saturated rings. The average molecular weight is 522 g/mol. The van der Waals surface area contributed by atoms with Crippen LogP contribution >= 0.6 is 23.5 Å². The molecule has 0 unspecified atom stereocenters. The molecular weight excluding hydrogens is 513 g/mol. The van der Waals surface area contributed by atoms with Crippen molar-refractivity contribution in [3.8, 4) is 0 Å². The van der Waals surface area contributed by atoms with Crippen LogP contribution in [0.5, 0.6) is 0 Å². The Morgan fingerprint density at radius 2 is 0.600 bits per heavy atom. The van der Waals surface area contributed by atoms with Crippen molar-refractivity contribution in [3.05, 3.63) is 0 Å². The van der Waals surface area contributed by atoms with Gasteiger partial charge in [0.2, 0.25) is 0 Å². The largest absolute Gasteiger partial charge is 3.00 e. The van der Waals surface area contributed by atoms with Gasteiger partial charge in [-0.3, -0.25) is 0 Å². The Balaban J connectivity index is -0.0000000536. The molecule has 0 atom stereocenters. The van der Waals surface area contributed by atoms with Crippen LogP contribution in [-0.4, -0.2) is 21.3 Å². The zero-order valence-corrected chi connectivity index (χ0v) is 16.8. The van der Waals surface area contributed by atoms with E-state index in [1.54, 1.807) is 0 Å². The quantitative estimate of drug-likeness (QED) is 0.253. The fourth-order valence-corrected chi connectivity index (χ4v) is 0. The van der Waals surface area contributed by atoms with Crippen molar-refractivity contribution >= 4 is 23.5 Å². The summed E-state index contributed by atoms with van der Waals surface area (Å²) >= 11 is 0. The SMILES string of the molecule is COP(=O)([O-])[O-].COP(=O)([O-])[O-].COP(=O)([O-])[O-].[Mo+3].[Mo+3]. The number of hydrogen-bond donors (Lipinski definition) is 0. The van der Waals surface area contributed by atoms with Crippen molar-refractivity contribution < 1.29 is 98.8 Å². The summed E-state index contributed by atoms with van der Waals surface area (Å²) in [5.41, 5.74) is 0. The average Bonchev–Trinajstić information content (AvgIpc) is 2.16. The van der Waals surface area contributed by atoms with Gasteiger partial charge in [0, 0.05) is 21.3 Å². The van der Waals surface area contributed by atoms with Gasteiger partial charge in [-0.15, -0.1) is 0 Å². The first-order chi connectivity index (χ1) is 7.68. The summed E-state index contributed by atoms with van der Waals surface area (Å²) in [5.74, 6) is 0. The van der Waals surface area contributed by atoms with E-state index >= 15 is 0 Å².